The van der Waals surface area contributed by atoms with E-state index in [1.165, 1.54) is 97.0 Å². The van der Waals surface area contributed by atoms with Gasteiger partial charge in [0, 0.05) is 0 Å². The molecule has 0 aliphatic rings. The Morgan fingerprint density at radius 2 is 0.676 bits per heavy atom. The Kier molecular flexibility index (Phi) is 2.41. The van der Waals surface area contributed by atoms with Gasteiger partial charge in [0.2, 0.25) is 0 Å². The van der Waals surface area contributed by atoms with Crippen molar-refractivity contribution in [3.05, 3.63) is 97.1 Å². The molecule has 10 aromatic carbocycles. The standard InChI is InChI=1S/C34H16/c1-2-6-22-21(5-1)24-13-10-18-11-14-26-23-7-3-4-17-8-9-19-16-20-12-15-25(22)32-30(20)34(29(19)27(17)23)33(26)28(18)31(24)32/h1-16H. The third-order valence-corrected chi connectivity index (χ3v) is 8.61. The molecule has 152 valence electrons. The molecule has 0 atom stereocenters. The fraction of sp³-hybridized carbons (Fsp3) is 0. The molecular weight excluding hydrogens is 408 g/mol. The average molecular weight is 425 g/mol. The summed E-state index contributed by atoms with van der Waals surface area (Å²) >= 11 is 0. The Labute approximate surface area is 193 Å². The van der Waals surface area contributed by atoms with E-state index < -0.39 is 0 Å². The van der Waals surface area contributed by atoms with Crippen molar-refractivity contribution in [2.75, 3.05) is 0 Å². The van der Waals surface area contributed by atoms with E-state index in [1.807, 2.05) is 0 Å². The quantitative estimate of drug-likeness (QED) is 0.168. The second-order valence-electron chi connectivity index (χ2n) is 10.0. The Hall–Kier alpha value is -4.42. The summed E-state index contributed by atoms with van der Waals surface area (Å²) in [5, 5.41) is 25.1. The average Bonchev–Trinajstić information content (AvgIpc) is 2.90. The summed E-state index contributed by atoms with van der Waals surface area (Å²) in [6.07, 6.45) is 0. The molecule has 0 fully saturated rings. The predicted molar refractivity (Wildman–Crippen MR) is 149 cm³/mol. The number of hydrogen-bond acceptors (Lipinski definition) is 0. The first-order valence-electron chi connectivity index (χ1n) is 12.0. The molecule has 10 rings (SSSR count). The molecule has 0 radical (unpaired) electrons. The number of benzene rings is 10. The largest absolute Gasteiger partial charge is 0.0616 e. The monoisotopic (exact) mass is 424 g/mol. The van der Waals surface area contributed by atoms with Gasteiger partial charge in [0.1, 0.15) is 0 Å². The molecule has 0 heteroatoms. The van der Waals surface area contributed by atoms with Gasteiger partial charge in [-0.1, -0.05) is 91.0 Å². The molecule has 0 saturated heterocycles. The maximum Gasteiger partial charge on any atom is -0.000115 e. The molecule has 0 amide bonds. The molecule has 10 aromatic rings. The Morgan fingerprint density at radius 1 is 0.235 bits per heavy atom. The van der Waals surface area contributed by atoms with Crippen LogP contribution in [0.2, 0.25) is 0 Å². The van der Waals surface area contributed by atoms with Crippen molar-refractivity contribution >= 4 is 97.0 Å². The third kappa shape index (κ3) is 1.54. The van der Waals surface area contributed by atoms with Crippen molar-refractivity contribution < 1.29 is 0 Å². The smallest absolute Gasteiger partial charge is 0.000115 e. The lowest BCUT2D eigenvalue weighted by atomic mass is 9.78. The van der Waals surface area contributed by atoms with E-state index in [0.717, 1.165) is 0 Å². The van der Waals surface area contributed by atoms with E-state index in [0.29, 0.717) is 0 Å². The van der Waals surface area contributed by atoms with Crippen LogP contribution in [0.1, 0.15) is 0 Å². The lowest BCUT2D eigenvalue weighted by Crippen LogP contribution is -1.95. The zero-order valence-corrected chi connectivity index (χ0v) is 18.2. The first-order valence-corrected chi connectivity index (χ1v) is 12.0. The number of rotatable bonds is 0. The van der Waals surface area contributed by atoms with E-state index in [1.54, 1.807) is 0 Å². The molecule has 0 unspecified atom stereocenters. The van der Waals surface area contributed by atoms with E-state index in [2.05, 4.69) is 97.1 Å². The lowest BCUT2D eigenvalue weighted by Gasteiger charge is -2.24. The van der Waals surface area contributed by atoms with Gasteiger partial charge >= 0.3 is 0 Å². The van der Waals surface area contributed by atoms with Crippen molar-refractivity contribution in [2.24, 2.45) is 0 Å². The summed E-state index contributed by atoms with van der Waals surface area (Å²) < 4.78 is 0. The molecular formula is C34H16. The van der Waals surface area contributed by atoms with Crippen LogP contribution in [0.5, 0.6) is 0 Å². The van der Waals surface area contributed by atoms with Crippen LogP contribution in [0.15, 0.2) is 97.1 Å². The Morgan fingerprint density at radius 3 is 1.41 bits per heavy atom. The molecule has 0 bridgehead atoms. The summed E-state index contributed by atoms with van der Waals surface area (Å²) in [5.41, 5.74) is 0. The van der Waals surface area contributed by atoms with Crippen molar-refractivity contribution in [2.45, 2.75) is 0 Å². The van der Waals surface area contributed by atoms with Gasteiger partial charge in [0.15, 0.2) is 0 Å². The van der Waals surface area contributed by atoms with E-state index >= 15 is 0 Å². The highest BCUT2D eigenvalue weighted by atomic mass is 14.3. The predicted octanol–water partition coefficient (Wildman–Crippen LogP) is 9.82. The van der Waals surface area contributed by atoms with E-state index in [4.69, 9.17) is 0 Å². The normalized spacial score (nSPS) is 13.3. The first kappa shape index (κ1) is 16.2. The fourth-order valence-corrected chi connectivity index (χ4v) is 7.38. The second kappa shape index (κ2) is 5.05. The summed E-state index contributed by atoms with van der Waals surface area (Å²) in [5.74, 6) is 0. The van der Waals surface area contributed by atoms with Crippen LogP contribution in [-0.4, -0.2) is 0 Å². The fourth-order valence-electron chi connectivity index (χ4n) is 7.38. The zero-order chi connectivity index (χ0) is 21.7. The zero-order valence-electron chi connectivity index (χ0n) is 18.2. The van der Waals surface area contributed by atoms with Crippen molar-refractivity contribution in [1.29, 1.82) is 0 Å². The molecule has 0 heterocycles. The van der Waals surface area contributed by atoms with Crippen LogP contribution < -0.4 is 0 Å². The van der Waals surface area contributed by atoms with Gasteiger partial charge < -0.3 is 0 Å². The summed E-state index contributed by atoms with van der Waals surface area (Å²) in [6.45, 7) is 0. The maximum atomic E-state index is 2.42. The van der Waals surface area contributed by atoms with Crippen molar-refractivity contribution in [1.82, 2.24) is 0 Å². The van der Waals surface area contributed by atoms with E-state index in [-0.39, 0.29) is 0 Å². The lowest BCUT2D eigenvalue weighted by molar-refractivity contribution is 1.80. The van der Waals surface area contributed by atoms with Gasteiger partial charge in [-0.3, -0.25) is 0 Å². The first-order chi connectivity index (χ1) is 16.9. The Bertz CT molecular complexity index is 2420. The van der Waals surface area contributed by atoms with Gasteiger partial charge in [-0.25, -0.2) is 0 Å². The molecule has 0 aliphatic carbocycles. The molecule has 0 aliphatic heterocycles. The van der Waals surface area contributed by atoms with Crippen molar-refractivity contribution in [3.8, 4) is 0 Å². The van der Waals surface area contributed by atoms with Gasteiger partial charge in [0.05, 0.1) is 0 Å². The maximum absolute atomic E-state index is 2.42. The van der Waals surface area contributed by atoms with Crippen LogP contribution in [-0.2, 0) is 0 Å². The molecule has 34 heavy (non-hydrogen) atoms. The second-order valence-corrected chi connectivity index (χ2v) is 10.0. The van der Waals surface area contributed by atoms with Gasteiger partial charge in [-0.2, -0.15) is 0 Å². The SMILES string of the molecule is c1ccc2c(c1)c1ccc3ccc4c5cccc6ccc7cc8ccc2c2c8c(c7c65)c4c3c12. The highest BCUT2D eigenvalue weighted by Crippen LogP contribution is 2.53. The molecule has 0 nitrogen and oxygen atoms in total. The van der Waals surface area contributed by atoms with E-state index in [9.17, 15) is 0 Å². The van der Waals surface area contributed by atoms with Crippen LogP contribution in [0.3, 0.4) is 0 Å². The number of hydrogen-bond donors (Lipinski definition) is 0. The minimum Gasteiger partial charge on any atom is -0.0616 e. The minimum atomic E-state index is 1.33. The van der Waals surface area contributed by atoms with Crippen molar-refractivity contribution in [3.63, 3.8) is 0 Å². The number of fused-ring (bicyclic) bond motifs is 4. The molecule has 0 spiro atoms. The topological polar surface area (TPSA) is 0 Å². The van der Waals surface area contributed by atoms with Crippen LogP contribution in [0.25, 0.3) is 97.0 Å². The Balaban J connectivity index is 1.76. The van der Waals surface area contributed by atoms with Gasteiger partial charge in [0.25, 0.3) is 0 Å². The highest BCUT2D eigenvalue weighted by Gasteiger charge is 2.24. The summed E-state index contributed by atoms with van der Waals surface area (Å²) in [4.78, 5) is 0. The van der Waals surface area contributed by atoms with Crippen LogP contribution >= 0.6 is 0 Å². The third-order valence-electron chi connectivity index (χ3n) is 8.61. The highest BCUT2D eigenvalue weighted by molar-refractivity contribution is 6.52. The van der Waals surface area contributed by atoms with Gasteiger partial charge in [-0.05, 0) is 103 Å². The molecule has 0 N–H and O–H groups in total. The van der Waals surface area contributed by atoms with Crippen LogP contribution in [0, 0.1) is 0 Å². The van der Waals surface area contributed by atoms with Crippen LogP contribution in [0.4, 0.5) is 0 Å². The molecule has 0 saturated carbocycles. The summed E-state index contributed by atoms with van der Waals surface area (Å²) in [7, 11) is 0. The minimum absolute atomic E-state index is 1.33. The summed E-state index contributed by atoms with van der Waals surface area (Å²) in [6, 6.07) is 36.9. The molecule has 0 aromatic heterocycles. The van der Waals surface area contributed by atoms with Gasteiger partial charge in [-0.15, -0.1) is 0 Å².